The van der Waals surface area contributed by atoms with Crippen LogP contribution in [-0.4, -0.2) is 23.4 Å². The molecule has 1 aliphatic carbocycles. The molecule has 0 bridgehead atoms. The zero-order valence-electron chi connectivity index (χ0n) is 7.63. The SMILES string of the molecule is CC(C)OCC(C)(O)C1CC1. The summed E-state index contributed by atoms with van der Waals surface area (Å²) in [5.74, 6) is 0.487. The molecule has 1 fully saturated rings. The van der Waals surface area contributed by atoms with Gasteiger partial charge in [0.2, 0.25) is 0 Å². The second-order valence-electron chi connectivity index (χ2n) is 3.99. The summed E-state index contributed by atoms with van der Waals surface area (Å²) in [7, 11) is 0. The van der Waals surface area contributed by atoms with Crippen LogP contribution in [0.15, 0.2) is 0 Å². The smallest absolute Gasteiger partial charge is 0.0880 e. The Hall–Kier alpha value is -0.0800. The van der Waals surface area contributed by atoms with Crippen LogP contribution in [0.3, 0.4) is 0 Å². The molecule has 2 nitrogen and oxygen atoms in total. The quantitative estimate of drug-likeness (QED) is 0.673. The monoisotopic (exact) mass is 158 g/mol. The molecule has 2 heteroatoms. The number of hydrogen-bond donors (Lipinski definition) is 1. The molecule has 11 heavy (non-hydrogen) atoms. The highest BCUT2D eigenvalue weighted by atomic mass is 16.5. The molecule has 0 aliphatic heterocycles. The van der Waals surface area contributed by atoms with E-state index in [0.29, 0.717) is 12.5 Å². The molecule has 1 unspecified atom stereocenters. The standard InChI is InChI=1S/C9H18O2/c1-7(2)11-6-9(3,10)8-4-5-8/h7-8,10H,4-6H2,1-3H3. The van der Waals surface area contributed by atoms with Gasteiger partial charge in [-0.1, -0.05) is 0 Å². The van der Waals surface area contributed by atoms with E-state index in [-0.39, 0.29) is 6.10 Å². The van der Waals surface area contributed by atoms with Gasteiger partial charge in [-0.05, 0) is 39.5 Å². The maximum absolute atomic E-state index is 9.78. The topological polar surface area (TPSA) is 29.5 Å². The summed E-state index contributed by atoms with van der Waals surface area (Å²) in [6, 6.07) is 0. The lowest BCUT2D eigenvalue weighted by atomic mass is 10.0. The molecule has 1 N–H and O–H groups in total. The fourth-order valence-corrected chi connectivity index (χ4v) is 1.16. The lowest BCUT2D eigenvalue weighted by molar-refractivity contribution is -0.0661. The number of aliphatic hydroxyl groups is 1. The minimum absolute atomic E-state index is 0.222. The Kier molecular flexibility index (Phi) is 2.55. The van der Waals surface area contributed by atoms with Crippen LogP contribution in [-0.2, 0) is 4.74 Å². The van der Waals surface area contributed by atoms with Crippen molar-refractivity contribution in [1.29, 1.82) is 0 Å². The lowest BCUT2D eigenvalue weighted by Gasteiger charge is -2.23. The van der Waals surface area contributed by atoms with E-state index in [4.69, 9.17) is 4.74 Å². The second-order valence-corrected chi connectivity index (χ2v) is 3.99. The van der Waals surface area contributed by atoms with Crippen LogP contribution in [0.5, 0.6) is 0 Å². The van der Waals surface area contributed by atoms with E-state index in [1.165, 1.54) is 0 Å². The molecule has 0 radical (unpaired) electrons. The second kappa shape index (κ2) is 3.11. The highest BCUT2D eigenvalue weighted by Crippen LogP contribution is 2.39. The van der Waals surface area contributed by atoms with Crippen LogP contribution < -0.4 is 0 Å². The molecule has 1 aliphatic rings. The summed E-state index contributed by atoms with van der Waals surface area (Å²) in [6.45, 7) is 6.33. The van der Waals surface area contributed by atoms with Crippen LogP contribution in [0.4, 0.5) is 0 Å². The molecular weight excluding hydrogens is 140 g/mol. The van der Waals surface area contributed by atoms with Crippen molar-refractivity contribution in [2.24, 2.45) is 5.92 Å². The van der Waals surface area contributed by atoms with Crippen molar-refractivity contribution < 1.29 is 9.84 Å². The van der Waals surface area contributed by atoms with E-state index >= 15 is 0 Å². The van der Waals surface area contributed by atoms with Gasteiger partial charge in [0.05, 0.1) is 18.3 Å². The molecule has 0 spiro atoms. The third-order valence-corrected chi connectivity index (χ3v) is 2.17. The van der Waals surface area contributed by atoms with Crippen molar-refractivity contribution in [3.8, 4) is 0 Å². The Bertz CT molecular complexity index is 126. The maximum atomic E-state index is 9.78. The van der Waals surface area contributed by atoms with Gasteiger partial charge in [-0.2, -0.15) is 0 Å². The maximum Gasteiger partial charge on any atom is 0.0880 e. The van der Waals surface area contributed by atoms with E-state index in [0.717, 1.165) is 12.8 Å². The summed E-state index contributed by atoms with van der Waals surface area (Å²) < 4.78 is 5.36. The Morgan fingerprint density at radius 1 is 1.55 bits per heavy atom. The number of ether oxygens (including phenoxy) is 1. The summed E-state index contributed by atoms with van der Waals surface area (Å²) in [5.41, 5.74) is -0.579. The Morgan fingerprint density at radius 2 is 2.09 bits per heavy atom. The van der Waals surface area contributed by atoms with Gasteiger partial charge in [0.1, 0.15) is 0 Å². The van der Waals surface area contributed by atoms with E-state index in [9.17, 15) is 5.11 Å². The average molecular weight is 158 g/mol. The molecule has 1 rings (SSSR count). The average Bonchev–Trinajstić information content (AvgIpc) is 2.64. The first-order chi connectivity index (χ1) is 5.02. The highest BCUT2D eigenvalue weighted by Gasteiger charge is 2.40. The third kappa shape index (κ3) is 2.80. The first-order valence-corrected chi connectivity index (χ1v) is 4.36. The summed E-state index contributed by atoms with van der Waals surface area (Å²) in [6.07, 6.45) is 2.54. The predicted octanol–water partition coefficient (Wildman–Crippen LogP) is 1.57. The van der Waals surface area contributed by atoms with Gasteiger partial charge >= 0.3 is 0 Å². The van der Waals surface area contributed by atoms with Crippen LogP contribution in [0.25, 0.3) is 0 Å². The summed E-state index contributed by atoms with van der Waals surface area (Å²) in [4.78, 5) is 0. The molecule has 0 amide bonds. The Balaban J connectivity index is 2.22. The van der Waals surface area contributed by atoms with E-state index in [1.807, 2.05) is 20.8 Å². The first-order valence-electron chi connectivity index (χ1n) is 4.36. The highest BCUT2D eigenvalue weighted by molar-refractivity contribution is 4.91. The van der Waals surface area contributed by atoms with Crippen molar-refractivity contribution >= 4 is 0 Å². The van der Waals surface area contributed by atoms with Crippen LogP contribution in [0.1, 0.15) is 33.6 Å². The third-order valence-electron chi connectivity index (χ3n) is 2.17. The van der Waals surface area contributed by atoms with Gasteiger partial charge in [0, 0.05) is 0 Å². The molecule has 0 aromatic rings. The molecule has 66 valence electrons. The summed E-state index contributed by atoms with van der Waals surface area (Å²) in [5, 5.41) is 9.78. The van der Waals surface area contributed by atoms with Gasteiger partial charge in [-0.25, -0.2) is 0 Å². The molecule has 0 aromatic carbocycles. The van der Waals surface area contributed by atoms with E-state index < -0.39 is 5.60 Å². The van der Waals surface area contributed by atoms with Gasteiger partial charge in [-0.15, -0.1) is 0 Å². The zero-order valence-corrected chi connectivity index (χ0v) is 7.63. The fourth-order valence-electron chi connectivity index (χ4n) is 1.16. The Morgan fingerprint density at radius 3 is 2.45 bits per heavy atom. The van der Waals surface area contributed by atoms with Crippen molar-refractivity contribution in [2.45, 2.75) is 45.3 Å². The van der Waals surface area contributed by atoms with Crippen molar-refractivity contribution in [2.75, 3.05) is 6.61 Å². The van der Waals surface area contributed by atoms with Gasteiger partial charge in [0.15, 0.2) is 0 Å². The predicted molar refractivity (Wildman–Crippen MR) is 44.4 cm³/mol. The van der Waals surface area contributed by atoms with Crippen molar-refractivity contribution in [3.05, 3.63) is 0 Å². The van der Waals surface area contributed by atoms with Gasteiger partial charge in [0.25, 0.3) is 0 Å². The zero-order chi connectivity index (χ0) is 8.48. The number of rotatable bonds is 4. The van der Waals surface area contributed by atoms with Crippen molar-refractivity contribution in [3.63, 3.8) is 0 Å². The minimum Gasteiger partial charge on any atom is -0.387 e. The van der Waals surface area contributed by atoms with Crippen LogP contribution in [0, 0.1) is 5.92 Å². The molecule has 1 atom stereocenters. The molecular formula is C9H18O2. The Labute approximate surface area is 68.6 Å². The molecule has 0 aromatic heterocycles. The van der Waals surface area contributed by atoms with Crippen LogP contribution >= 0.6 is 0 Å². The van der Waals surface area contributed by atoms with E-state index in [2.05, 4.69) is 0 Å². The van der Waals surface area contributed by atoms with E-state index in [1.54, 1.807) is 0 Å². The largest absolute Gasteiger partial charge is 0.387 e. The van der Waals surface area contributed by atoms with Gasteiger partial charge in [-0.3, -0.25) is 0 Å². The lowest BCUT2D eigenvalue weighted by Crippen LogP contribution is -2.34. The normalized spacial score (nSPS) is 23.7. The molecule has 1 saturated carbocycles. The molecule has 0 saturated heterocycles. The fraction of sp³-hybridized carbons (Fsp3) is 1.00. The summed E-state index contributed by atoms with van der Waals surface area (Å²) >= 11 is 0. The van der Waals surface area contributed by atoms with Crippen molar-refractivity contribution in [1.82, 2.24) is 0 Å². The first kappa shape index (κ1) is 9.01. The minimum atomic E-state index is -0.579. The molecule has 0 heterocycles. The van der Waals surface area contributed by atoms with Gasteiger partial charge < -0.3 is 9.84 Å². The number of hydrogen-bond acceptors (Lipinski definition) is 2. The van der Waals surface area contributed by atoms with Crippen LogP contribution in [0.2, 0.25) is 0 Å².